The Morgan fingerprint density at radius 2 is 0.930 bits per heavy atom. The zero-order valence-corrected chi connectivity index (χ0v) is 48.0. The Hall–Kier alpha value is -0.617. The molecule has 4 rings (SSSR count). The second-order valence-corrected chi connectivity index (χ2v) is 19.0. The van der Waals surface area contributed by atoms with Gasteiger partial charge < -0.3 is 20.7 Å². The zero-order chi connectivity index (χ0) is 41.8. The molecule has 0 radical (unpaired) electrons. The van der Waals surface area contributed by atoms with Crippen molar-refractivity contribution >= 4 is 138 Å². The molecule has 4 aromatic carbocycles. The fourth-order valence-corrected chi connectivity index (χ4v) is 5.66. The first-order valence-electron chi connectivity index (χ1n) is 16.3. The fourth-order valence-electron chi connectivity index (χ4n) is 4.00. The number of rotatable bonds is 8. The summed E-state index contributed by atoms with van der Waals surface area (Å²) >= 11 is 8.57. The van der Waals surface area contributed by atoms with Crippen molar-refractivity contribution in [1.29, 1.82) is 0 Å². The largest absolute Gasteiger partial charge is 1.00 e. The number of ether oxygens (including phenoxy) is 3. The molecule has 0 saturated carbocycles. The molecule has 15 heteroatoms. The van der Waals surface area contributed by atoms with E-state index in [0.29, 0.717) is 6.42 Å². The SMILES string of the molecule is C#Cc1ccccc1CC(=O)OC.COC(=O)Cc1ccccc1C#C[Si](C)(C)C.COC(=O)Cc1ccccc1I.I.II.O=C(O)Cc1ccccc1I.[H-].[K+]. The van der Waals surface area contributed by atoms with Crippen LogP contribution >= 0.6 is 106 Å². The van der Waals surface area contributed by atoms with Crippen LogP contribution in [0.2, 0.25) is 19.6 Å². The minimum Gasteiger partial charge on any atom is -1.00 e. The summed E-state index contributed by atoms with van der Waals surface area (Å²) in [5, 5.41) is 8.49. The molecule has 4 aromatic rings. The van der Waals surface area contributed by atoms with Gasteiger partial charge in [0.15, 0.2) is 0 Å². The first kappa shape index (κ1) is 60.7. The minimum atomic E-state index is -1.39. The van der Waals surface area contributed by atoms with E-state index < -0.39 is 14.0 Å². The molecule has 0 saturated heterocycles. The van der Waals surface area contributed by atoms with Gasteiger partial charge in [-0.05, 0) is 91.7 Å². The maximum absolute atomic E-state index is 11.3. The number of terminal acetylenes is 1. The van der Waals surface area contributed by atoms with Gasteiger partial charge in [-0.3, -0.25) is 19.2 Å². The smallest absolute Gasteiger partial charge is 1.00 e. The van der Waals surface area contributed by atoms with Gasteiger partial charge in [0.25, 0.3) is 0 Å². The normalized spacial score (nSPS) is 9.07. The summed E-state index contributed by atoms with van der Waals surface area (Å²) in [6, 6.07) is 30.3. The zero-order valence-electron chi connectivity index (χ0n) is 33.9. The van der Waals surface area contributed by atoms with Crippen molar-refractivity contribution in [1.82, 2.24) is 0 Å². The Morgan fingerprint density at radius 3 is 1.28 bits per heavy atom. The number of halogens is 5. The van der Waals surface area contributed by atoms with E-state index in [0.717, 1.165) is 40.5 Å². The molecule has 0 bridgehead atoms. The molecule has 1 N–H and O–H groups in total. The molecule has 0 unspecified atom stereocenters. The maximum Gasteiger partial charge on any atom is 1.00 e. The molecule has 0 spiro atoms. The average Bonchev–Trinajstić information content (AvgIpc) is 3.17. The van der Waals surface area contributed by atoms with Crippen molar-refractivity contribution in [2.45, 2.75) is 45.3 Å². The summed E-state index contributed by atoms with van der Waals surface area (Å²) in [6.07, 6.45) is 6.25. The van der Waals surface area contributed by atoms with E-state index in [1.807, 2.05) is 91.0 Å². The molecule has 0 atom stereocenters. The van der Waals surface area contributed by atoms with Crippen molar-refractivity contribution in [3.05, 3.63) is 138 Å². The molecule has 57 heavy (non-hydrogen) atoms. The number of carboxylic acid groups (broad SMARTS) is 1. The molecule has 0 amide bonds. The van der Waals surface area contributed by atoms with Crippen LogP contribution in [0.1, 0.15) is 34.8 Å². The Balaban J connectivity index is -0.000000328. The van der Waals surface area contributed by atoms with E-state index in [1.54, 1.807) is 6.07 Å². The van der Waals surface area contributed by atoms with Gasteiger partial charge in [-0.1, -0.05) is 104 Å². The molecule has 0 aliphatic carbocycles. The molecule has 0 aliphatic rings. The molecular weight excluding hydrogens is 1330 g/mol. The van der Waals surface area contributed by atoms with Crippen LogP contribution in [0.5, 0.6) is 0 Å². The molecule has 0 heterocycles. The van der Waals surface area contributed by atoms with Gasteiger partial charge in [0, 0.05) is 55.5 Å². The van der Waals surface area contributed by atoms with Crippen LogP contribution in [-0.4, -0.2) is 58.4 Å². The van der Waals surface area contributed by atoms with Crippen molar-refractivity contribution in [2.24, 2.45) is 0 Å². The first-order valence-corrected chi connectivity index (χ1v) is 28.3. The van der Waals surface area contributed by atoms with Crippen LogP contribution in [0.25, 0.3) is 0 Å². The van der Waals surface area contributed by atoms with Gasteiger partial charge in [0.05, 0.1) is 47.0 Å². The van der Waals surface area contributed by atoms with Gasteiger partial charge in [-0.25, -0.2) is 0 Å². The molecule has 0 aliphatic heterocycles. The number of aliphatic carboxylic acids is 1. The second-order valence-electron chi connectivity index (χ2n) is 12.0. The van der Waals surface area contributed by atoms with Crippen LogP contribution in [0.15, 0.2) is 97.1 Å². The summed E-state index contributed by atoms with van der Waals surface area (Å²) in [5.41, 5.74) is 8.64. The van der Waals surface area contributed by atoms with E-state index in [2.05, 4.69) is 134 Å². The number of hydrogen-bond acceptors (Lipinski definition) is 7. The van der Waals surface area contributed by atoms with E-state index in [4.69, 9.17) is 11.5 Å². The summed E-state index contributed by atoms with van der Waals surface area (Å²) in [7, 11) is 2.78. The van der Waals surface area contributed by atoms with Crippen molar-refractivity contribution in [2.75, 3.05) is 21.3 Å². The average molecular weight is 1380 g/mol. The molecule has 0 aromatic heterocycles. The monoisotopic (exact) mass is 1380 g/mol. The van der Waals surface area contributed by atoms with Crippen LogP contribution < -0.4 is 51.4 Å². The van der Waals surface area contributed by atoms with Gasteiger partial charge in [-0.2, -0.15) is 0 Å². The van der Waals surface area contributed by atoms with E-state index in [-0.39, 0.29) is 114 Å². The summed E-state index contributed by atoms with van der Waals surface area (Å²) in [4.78, 5) is 43.5. The van der Waals surface area contributed by atoms with Gasteiger partial charge >= 0.3 is 75.3 Å². The predicted molar refractivity (Wildman–Crippen MR) is 272 cm³/mol. The van der Waals surface area contributed by atoms with Gasteiger partial charge in [0.2, 0.25) is 0 Å². The molecule has 8 nitrogen and oxygen atoms in total. The quantitative estimate of drug-likeness (QED) is 0.0637. The number of carboxylic acids is 1. The standard InChI is InChI=1S/C14H18O2Si.C11H10O2.C9H9IO2.C8H7IO2.I2.HI.K.H/c1-16-14(15)11-13-8-6-5-7-12(13)9-10-17(2,3)4;1-3-9-6-4-5-7-10(9)8-11(12)13-2;1-12-9(11)6-7-4-2-3-5-8(7)10;9-7-4-2-1-3-6(7)5-8(10)11;1-2;;;/h5-8H,11H2,1-4H3;1,4-7H,8H2,2H3;2-5H,6H2,1H3;1-4H,5H2,(H,10,11);;1H;;/q;;;;;;+1;-1. The molecular formula is C42H46I5KO8Si. The number of esters is 3. The minimum absolute atomic E-state index is 0. The van der Waals surface area contributed by atoms with Crippen LogP contribution in [0, 0.1) is 30.9 Å². The summed E-state index contributed by atoms with van der Waals surface area (Å²) in [6.45, 7) is 6.59. The summed E-state index contributed by atoms with van der Waals surface area (Å²) in [5.74, 6) is 4.22. The molecule has 0 fully saturated rings. The van der Waals surface area contributed by atoms with Crippen LogP contribution in [0.3, 0.4) is 0 Å². The van der Waals surface area contributed by atoms with Crippen molar-refractivity contribution < 1.29 is 91.3 Å². The molecule has 302 valence electrons. The third kappa shape index (κ3) is 29.3. The Labute approximate surface area is 450 Å². The Bertz CT molecular complexity index is 1940. The predicted octanol–water partition coefficient (Wildman–Crippen LogP) is 7.45. The van der Waals surface area contributed by atoms with E-state index in [1.165, 1.54) is 21.3 Å². The van der Waals surface area contributed by atoms with Crippen LogP contribution in [-0.2, 0) is 59.1 Å². The fraction of sp³-hybridized carbons (Fsp3) is 0.238. The summed E-state index contributed by atoms with van der Waals surface area (Å²) < 4.78 is 15.9. The van der Waals surface area contributed by atoms with Crippen molar-refractivity contribution in [3.8, 4) is 23.8 Å². The Morgan fingerprint density at radius 1 is 0.614 bits per heavy atom. The number of carbonyl (C=O) groups is 4. The second kappa shape index (κ2) is 36.1. The van der Waals surface area contributed by atoms with Crippen molar-refractivity contribution in [3.63, 3.8) is 0 Å². The third-order valence-electron chi connectivity index (χ3n) is 6.71. The van der Waals surface area contributed by atoms with Crippen LogP contribution in [0.4, 0.5) is 0 Å². The number of methoxy groups -OCH3 is 3. The van der Waals surface area contributed by atoms with E-state index in [9.17, 15) is 19.2 Å². The van der Waals surface area contributed by atoms with Gasteiger partial charge in [-0.15, -0.1) is 35.9 Å². The third-order valence-corrected chi connectivity index (χ3v) is 9.69. The number of hydrogen-bond donors (Lipinski definition) is 1. The topological polar surface area (TPSA) is 116 Å². The first-order chi connectivity index (χ1) is 26.1. The van der Waals surface area contributed by atoms with Gasteiger partial charge in [0.1, 0.15) is 8.07 Å². The number of carbonyl (C=O) groups excluding carboxylic acids is 3. The van der Waals surface area contributed by atoms with E-state index >= 15 is 0 Å². The number of benzene rings is 4. The Kier molecular flexibility index (Phi) is 38.4. The maximum atomic E-state index is 11.3.